The number of nitrogens with zero attached hydrogens (tertiary/aromatic N) is 2. The maximum atomic E-state index is 14.2. The van der Waals surface area contributed by atoms with Crippen LogP contribution in [0.4, 0.5) is 0 Å². The van der Waals surface area contributed by atoms with Gasteiger partial charge in [0.15, 0.2) is 0 Å². The molecule has 11 heteroatoms. The van der Waals surface area contributed by atoms with E-state index in [4.69, 9.17) is 5.73 Å². The molecule has 222 valence electrons. The Kier molecular flexibility index (Phi) is 10.6. The van der Waals surface area contributed by atoms with E-state index in [1.54, 1.807) is 42.5 Å². The van der Waals surface area contributed by atoms with Gasteiger partial charge in [-0.1, -0.05) is 68.8 Å². The molecule has 3 rings (SSSR count). The summed E-state index contributed by atoms with van der Waals surface area (Å²) in [6, 6.07) is 17.0. The van der Waals surface area contributed by atoms with Gasteiger partial charge in [-0.05, 0) is 49.8 Å². The van der Waals surface area contributed by atoms with Gasteiger partial charge in [0.2, 0.25) is 26.0 Å². The molecular weight excluding hydrogens is 550 g/mol. The highest BCUT2D eigenvalue weighted by atomic mass is 32.2. The van der Waals surface area contributed by atoms with Gasteiger partial charge in [0.25, 0.3) is 0 Å². The zero-order valence-corrected chi connectivity index (χ0v) is 25.3. The first-order valence-electron chi connectivity index (χ1n) is 13.8. The van der Waals surface area contributed by atoms with Crippen molar-refractivity contribution in [1.29, 1.82) is 0 Å². The Hall–Kier alpha value is -2.31. The van der Waals surface area contributed by atoms with Crippen LogP contribution in [-0.4, -0.2) is 73.0 Å². The van der Waals surface area contributed by atoms with E-state index < -0.39 is 42.7 Å². The van der Waals surface area contributed by atoms with Crippen LogP contribution in [-0.2, 0) is 31.3 Å². The molecule has 40 heavy (non-hydrogen) atoms. The maximum Gasteiger partial charge on any atom is 0.243 e. The van der Waals surface area contributed by atoms with Gasteiger partial charge in [-0.2, -0.15) is 4.31 Å². The molecule has 3 N–H and O–H groups in total. The van der Waals surface area contributed by atoms with Gasteiger partial charge in [-0.15, -0.1) is 0 Å². The molecule has 0 bridgehead atoms. The molecule has 2 aromatic rings. The van der Waals surface area contributed by atoms with Gasteiger partial charge in [-0.25, -0.2) is 21.1 Å². The van der Waals surface area contributed by atoms with E-state index in [2.05, 4.69) is 0 Å². The molecule has 1 unspecified atom stereocenters. The number of carbonyl (C=O) groups is 1. The second-order valence-electron chi connectivity index (χ2n) is 11.4. The number of piperidine rings is 1. The lowest BCUT2D eigenvalue weighted by atomic mass is 9.78. The largest absolute Gasteiger partial charge is 0.388 e. The minimum atomic E-state index is -4.24. The third kappa shape index (κ3) is 7.12. The summed E-state index contributed by atoms with van der Waals surface area (Å²) in [4.78, 5) is 12.5. The summed E-state index contributed by atoms with van der Waals surface area (Å²) in [5.74, 6) is -0.889. The number of benzene rings is 2. The Morgan fingerprint density at radius 1 is 0.975 bits per heavy atom. The summed E-state index contributed by atoms with van der Waals surface area (Å²) in [6.07, 6.45) is 1.32. The fourth-order valence-electron chi connectivity index (χ4n) is 5.46. The molecule has 1 heterocycles. The van der Waals surface area contributed by atoms with Crippen LogP contribution >= 0.6 is 0 Å². The standard InChI is InChI=1S/C29H43N3O6S2/c1-24(2)23-32(39(35,36)26-15-9-5-10-16-26)20-17-29(34,21-25-13-7-4-8-14-25)28(3,22-27(30)33)40(37,38)31-18-11-6-12-19-31/h4-5,7-10,13-16,24,34H,6,11-12,17-23H2,1-3H3,(H2,30,33)/t28?,29-/m0/s1. The topological polar surface area (TPSA) is 138 Å². The number of aliphatic hydroxyl groups is 1. The zero-order valence-electron chi connectivity index (χ0n) is 23.7. The lowest BCUT2D eigenvalue weighted by Gasteiger charge is -2.47. The average Bonchev–Trinajstić information content (AvgIpc) is 2.91. The highest BCUT2D eigenvalue weighted by Crippen LogP contribution is 2.42. The van der Waals surface area contributed by atoms with Crippen LogP contribution in [0.3, 0.4) is 0 Å². The molecule has 0 saturated carbocycles. The lowest BCUT2D eigenvalue weighted by molar-refractivity contribution is -0.121. The number of nitrogens with two attached hydrogens (primary N) is 1. The second kappa shape index (κ2) is 13.1. The van der Waals surface area contributed by atoms with E-state index in [-0.39, 0.29) is 36.7 Å². The molecule has 1 aliphatic heterocycles. The predicted molar refractivity (Wildman–Crippen MR) is 156 cm³/mol. The van der Waals surface area contributed by atoms with Gasteiger partial charge in [0, 0.05) is 39.0 Å². The van der Waals surface area contributed by atoms with Crippen LogP contribution in [0.5, 0.6) is 0 Å². The third-order valence-electron chi connectivity index (χ3n) is 7.78. The summed E-state index contributed by atoms with van der Waals surface area (Å²) >= 11 is 0. The van der Waals surface area contributed by atoms with E-state index in [1.165, 1.54) is 27.7 Å². The number of amides is 1. The molecule has 2 aromatic carbocycles. The van der Waals surface area contributed by atoms with E-state index in [0.29, 0.717) is 31.5 Å². The van der Waals surface area contributed by atoms with Crippen molar-refractivity contribution in [2.75, 3.05) is 26.2 Å². The number of sulfonamides is 2. The third-order valence-corrected chi connectivity index (χ3v) is 12.4. The Morgan fingerprint density at radius 2 is 1.52 bits per heavy atom. The molecular formula is C29H43N3O6S2. The Labute approximate surface area is 239 Å². The van der Waals surface area contributed by atoms with Crippen molar-refractivity contribution in [3.05, 3.63) is 66.2 Å². The first kappa shape index (κ1) is 32.2. The van der Waals surface area contributed by atoms with Crippen molar-refractivity contribution >= 4 is 26.0 Å². The van der Waals surface area contributed by atoms with Crippen molar-refractivity contribution in [2.24, 2.45) is 11.7 Å². The van der Waals surface area contributed by atoms with E-state index in [9.17, 15) is 26.7 Å². The Balaban J connectivity index is 2.10. The summed E-state index contributed by atoms with van der Waals surface area (Å²) in [6.45, 7) is 5.76. The van der Waals surface area contributed by atoms with Crippen molar-refractivity contribution in [2.45, 2.75) is 74.5 Å². The molecule has 1 amide bonds. The average molecular weight is 594 g/mol. The smallest absolute Gasteiger partial charge is 0.243 e. The van der Waals surface area contributed by atoms with Crippen molar-refractivity contribution in [3.63, 3.8) is 0 Å². The van der Waals surface area contributed by atoms with E-state index >= 15 is 0 Å². The fourth-order valence-corrected chi connectivity index (χ4v) is 9.37. The SMILES string of the molecule is CC(C)CN(CC[C@](O)(Cc1ccccc1)C(C)(CC(N)=O)S(=O)(=O)N1CCCCC1)S(=O)(=O)c1ccccc1. The Bertz CT molecular complexity index is 1330. The minimum absolute atomic E-state index is 0.0326. The highest BCUT2D eigenvalue weighted by molar-refractivity contribution is 7.90. The summed E-state index contributed by atoms with van der Waals surface area (Å²) in [5, 5.41) is 12.5. The van der Waals surface area contributed by atoms with Crippen LogP contribution in [0.1, 0.15) is 58.4 Å². The first-order valence-corrected chi connectivity index (χ1v) is 16.7. The van der Waals surface area contributed by atoms with Gasteiger partial charge < -0.3 is 10.8 Å². The fraction of sp³-hybridized carbons (Fsp3) is 0.552. The van der Waals surface area contributed by atoms with Gasteiger partial charge in [0.1, 0.15) is 4.75 Å². The molecule has 9 nitrogen and oxygen atoms in total. The number of hydrogen-bond acceptors (Lipinski definition) is 6. The zero-order chi connectivity index (χ0) is 29.6. The minimum Gasteiger partial charge on any atom is -0.388 e. The number of carbonyl (C=O) groups excluding carboxylic acids is 1. The van der Waals surface area contributed by atoms with Crippen LogP contribution in [0.25, 0.3) is 0 Å². The number of hydrogen-bond donors (Lipinski definition) is 2. The van der Waals surface area contributed by atoms with E-state index in [0.717, 1.165) is 6.42 Å². The van der Waals surface area contributed by atoms with Crippen LogP contribution < -0.4 is 5.73 Å². The molecule has 0 spiro atoms. The molecule has 1 aliphatic rings. The normalized spacial score (nSPS) is 18.4. The lowest BCUT2D eigenvalue weighted by Crippen LogP contribution is -2.64. The summed E-state index contributed by atoms with van der Waals surface area (Å²) < 4.78 is 56.5. The van der Waals surface area contributed by atoms with Crippen LogP contribution in [0.15, 0.2) is 65.6 Å². The van der Waals surface area contributed by atoms with Gasteiger partial charge in [-0.3, -0.25) is 4.79 Å². The van der Waals surface area contributed by atoms with Gasteiger partial charge >= 0.3 is 0 Å². The number of primary amides is 1. The van der Waals surface area contributed by atoms with Crippen LogP contribution in [0, 0.1) is 5.92 Å². The molecule has 0 aliphatic carbocycles. The Morgan fingerprint density at radius 3 is 2.05 bits per heavy atom. The van der Waals surface area contributed by atoms with Gasteiger partial charge in [0.05, 0.1) is 10.5 Å². The van der Waals surface area contributed by atoms with Crippen molar-refractivity contribution < 1.29 is 26.7 Å². The number of rotatable bonds is 14. The van der Waals surface area contributed by atoms with E-state index in [1.807, 2.05) is 19.9 Å². The quantitative estimate of drug-likeness (QED) is 0.345. The second-order valence-corrected chi connectivity index (χ2v) is 15.7. The summed E-state index contributed by atoms with van der Waals surface area (Å²) in [7, 11) is -8.19. The maximum absolute atomic E-state index is 14.2. The molecule has 0 aromatic heterocycles. The van der Waals surface area contributed by atoms with Crippen molar-refractivity contribution in [3.8, 4) is 0 Å². The molecule has 0 radical (unpaired) electrons. The monoisotopic (exact) mass is 593 g/mol. The van der Waals surface area contributed by atoms with Crippen LogP contribution in [0.2, 0.25) is 0 Å². The summed E-state index contributed by atoms with van der Waals surface area (Å²) in [5.41, 5.74) is 4.26. The highest BCUT2D eigenvalue weighted by Gasteiger charge is 2.58. The molecule has 1 saturated heterocycles. The molecule has 2 atom stereocenters. The predicted octanol–water partition coefficient (Wildman–Crippen LogP) is 3.15. The molecule has 1 fully saturated rings. The van der Waals surface area contributed by atoms with Crippen molar-refractivity contribution in [1.82, 2.24) is 8.61 Å². The first-order chi connectivity index (χ1) is 18.7.